The third kappa shape index (κ3) is 2.08. The van der Waals surface area contributed by atoms with Crippen molar-refractivity contribution in [1.29, 1.82) is 0 Å². The van der Waals surface area contributed by atoms with Crippen LogP contribution in [0.1, 0.15) is 12.5 Å². The Morgan fingerprint density at radius 3 is 2.69 bits per heavy atom. The van der Waals surface area contributed by atoms with Gasteiger partial charge in [0.05, 0.1) is 5.54 Å². The molecule has 0 amide bonds. The predicted molar refractivity (Wildman–Crippen MR) is 53.1 cm³/mol. The zero-order chi connectivity index (χ0) is 10.1. The van der Waals surface area contributed by atoms with Gasteiger partial charge in [-0.25, -0.2) is 4.39 Å². The minimum absolute atomic E-state index is 0.324. The first kappa shape index (κ1) is 10.2. The highest BCUT2D eigenvalue weighted by atomic mass is 35.5. The van der Waals surface area contributed by atoms with Crippen molar-refractivity contribution in [2.45, 2.75) is 12.5 Å². The minimum Gasteiger partial charge on any atom is -0.318 e. The van der Waals surface area contributed by atoms with Gasteiger partial charge < -0.3 is 5.73 Å². The summed E-state index contributed by atoms with van der Waals surface area (Å²) in [5.41, 5.74) is 5.82. The molecule has 0 heterocycles. The molecule has 1 atom stereocenters. The molecule has 3 heteroatoms. The Kier molecular flexibility index (Phi) is 2.74. The van der Waals surface area contributed by atoms with Crippen molar-refractivity contribution in [3.05, 3.63) is 47.3 Å². The topological polar surface area (TPSA) is 26.0 Å². The van der Waals surface area contributed by atoms with Crippen molar-refractivity contribution in [2.24, 2.45) is 5.73 Å². The van der Waals surface area contributed by atoms with Gasteiger partial charge in [-0.2, -0.15) is 0 Å². The Morgan fingerprint density at radius 1 is 1.62 bits per heavy atom. The van der Waals surface area contributed by atoms with Crippen LogP contribution in [-0.2, 0) is 5.54 Å². The lowest BCUT2D eigenvalue weighted by Gasteiger charge is -2.21. The first-order chi connectivity index (χ1) is 5.97. The van der Waals surface area contributed by atoms with E-state index < -0.39 is 5.54 Å². The number of benzene rings is 1. The Balaban J connectivity index is 3.23. The second kappa shape index (κ2) is 3.48. The number of rotatable bonds is 2. The van der Waals surface area contributed by atoms with Crippen LogP contribution in [0.25, 0.3) is 0 Å². The highest BCUT2D eigenvalue weighted by molar-refractivity contribution is 6.31. The zero-order valence-corrected chi connectivity index (χ0v) is 8.11. The largest absolute Gasteiger partial charge is 0.318 e. The van der Waals surface area contributed by atoms with Crippen molar-refractivity contribution in [2.75, 3.05) is 0 Å². The second-order valence-electron chi connectivity index (χ2n) is 3.11. The van der Waals surface area contributed by atoms with E-state index in [9.17, 15) is 4.39 Å². The molecule has 0 aliphatic heterocycles. The molecule has 2 N–H and O–H groups in total. The van der Waals surface area contributed by atoms with Crippen LogP contribution in [-0.4, -0.2) is 0 Å². The lowest BCUT2D eigenvalue weighted by molar-refractivity contribution is 0.610. The summed E-state index contributed by atoms with van der Waals surface area (Å²) in [4.78, 5) is 0. The van der Waals surface area contributed by atoms with E-state index in [2.05, 4.69) is 6.58 Å². The third-order valence-electron chi connectivity index (χ3n) is 1.94. The first-order valence-corrected chi connectivity index (χ1v) is 4.23. The van der Waals surface area contributed by atoms with Crippen molar-refractivity contribution in [1.82, 2.24) is 0 Å². The Morgan fingerprint density at radius 2 is 2.23 bits per heavy atom. The average molecular weight is 200 g/mol. The molecule has 1 unspecified atom stereocenters. The number of hydrogen-bond donors (Lipinski definition) is 1. The minimum atomic E-state index is -0.717. The van der Waals surface area contributed by atoms with Crippen LogP contribution in [0, 0.1) is 5.82 Å². The number of nitrogens with two attached hydrogens (primary N) is 1. The summed E-state index contributed by atoms with van der Waals surface area (Å²) in [7, 11) is 0. The molecule has 1 aromatic carbocycles. The summed E-state index contributed by atoms with van der Waals surface area (Å²) >= 11 is 5.83. The first-order valence-electron chi connectivity index (χ1n) is 3.85. The van der Waals surface area contributed by atoms with Gasteiger partial charge in [-0.3, -0.25) is 0 Å². The van der Waals surface area contributed by atoms with Crippen molar-refractivity contribution in [3.63, 3.8) is 0 Å². The molecule has 0 spiro atoms. The second-order valence-corrected chi connectivity index (χ2v) is 3.52. The summed E-state index contributed by atoms with van der Waals surface area (Å²) in [6.45, 7) is 5.36. The molecule has 0 saturated heterocycles. The lowest BCUT2D eigenvalue weighted by Crippen LogP contribution is -2.30. The van der Waals surface area contributed by atoms with Crippen LogP contribution >= 0.6 is 11.6 Å². The van der Waals surface area contributed by atoms with E-state index in [0.717, 1.165) is 0 Å². The highest BCUT2D eigenvalue weighted by Crippen LogP contribution is 2.27. The predicted octanol–water partition coefficient (Wildman–Crippen LogP) is 2.84. The van der Waals surface area contributed by atoms with Gasteiger partial charge in [0.15, 0.2) is 0 Å². The smallest absolute Gasteiger partial charge is 0.124 e. The maximum absolute atomic E-state index is 12.7. The SMILES string of the molecule is C=CC(C)(N)c1ccc(F)cc1Cl. The fourth-order valence-electron chi connectivity index (χ4n) is 1.04. The number of hydrogen-bond acceptors (Lipinski definition) is 1. The van der Waals surface area contributed by atoms with Crippen LogP contribution in [0.4, 0.5) is 4.39 Å². The van der Waals surface area contributed by atoms with E-state index in [1.54, 1.807) is 19.1 Å². The van der Waals surface area contributed by atoms with Crippen LogP contribution in [0.2, 0.25) is 5.02 Å². The summed E-state index contributed by atoms with van der Waals surface area (Å²) in [6, 6.07) is 4.14. The Labute approximate surface area is 82.0 Å². The normalized spacial score (nSPS) is 15.1. The summed E-state index contributed by atoms with van der Waals surface area (Å²) in [6.07, 6.45) is 1.58. The van der Waals surface area contributed by atoms with Crippen molar-refractivity contribution < 1.29 is 4.39 Å². The molecule has 70 valence electrons. The molecule has 0 fully saturated rings. The van der Waals surface area contributed by atoms with Gasteiger partial charge in [-0.15, -0.1) is 6.58 Å². The molecule has 1 aromatic rings. The molecule has 1 rings (SSSR count). The molecule has 0 radical (unpaired) electrons. The van der Waals surface area contributed by atoms with E-state index in [1.807, 2.05) is 0 Å². The average Bonchev–Trinajstić information content (AvgIpc) is 2.03. The zero-order valence-electron chi connectivity index (χ0n) is 7.35. The molecule has 0 aliphatic rings. The summed E-state index contributed by atoms with van der Waals surface area (Å²) in [5, 5.41) is 0.324. The van der Waals surface area contributed by atoms with Gasteiger partial charge in [0.1, 0.15) is 5.82 Å². The number of halogens is 2. The van der Waals surface area contributed by atoms with E-state index in [4.69, 9.17) is 17.3 Å². The van der Waals surface area contributed by atoms with Gasteiger partial charge in [-0.05, 0) is 24.6 Å². The van der Waals surface area contributed by atoms with Crippen LogP contribution in [0.15, 0.2) is 30.9 Å². The third-order valence-corrected chi connectivity index (χ3v) is 2.25. The Bertz CT molecular complexity index is 334. The van der Waals surface area contributed by atoms with Gasteiger partial charge in [0.2, 0.25) is 0 Å². The highest BCUT2D eigenvalue weighted by Gasteiger charge is 2.19. The fraction of sp³-hybridized carbons (Fsp3) is 0.200. The lowest BCUT2D eigenvalue weighted by atomic mass is 9.93. The van der Waals surface area contributed by atoms with Crippen molar-refractivity contribution in [3.8, 4) is 0 Å². The van der Waals surface area contributed by atoms with Gasteiger partial charge in [0.25, 0.3) is 0 Å². The maximum atomic E-state index is 12.7. The van der Waals surface area contributed by atoms with Gasteiger partial charge in [-0.1, -0.05) is 23.7 Å². The fourth-order valence-corrected chi connectivity index (χ4v) is 1.41. The molecule has 13 heavy (non-hydrogen) atoms. The Hall–Kier alpha value is -0.860. The van der Waals surface area contributed by atoms with E-state index in [-0.39, 0.29) is 5.82 Å². The molecule has 0 aliphatic carbocycles. The van der Waals surface area contributed by atoms with Gasteiger partial charge in [0, 0.05) is 5.02 Å². The monoisotopic (exact) mass is 199 g/mol. The molecule has 0 aromatic heterocycles. The molecular weight excluding hydrogens is 189 g/mol. The molecular formula is C10H11ClFN. The summed E-state index contributed by atoms with van der Waals surface area (Å²) < 4.78 is 12.7. The van der Waals surface area contributed by atoms with Crippen LogP contribution in [0.3, 0.4) is 0 Å². The quantitative estimate of drug-likeness (QED) is 0.729. The standard InChI is InChI=1S/C10H11ClFN/c1-3-10(2,13)8-5-4-7(12)6-9(8)11/h3-6H,1,13H2,2H3. The van der Waals surface area contributed by atoms with Crippen LogP contribution < -0.4 is 5.73 Å². The van der Waals surface area contributed by atoms with Crippen LogP contribution in [0.5, 0.6) is 0 Å². The summed E-state index contributed by atoms with van der Waals surface area (Å²) in [5.74, 6) is -0.367. The molecule has 1 nitrogen and oxygen atoms in total. The molecule has 0 saturated carbocycles. The van der Waals surface area contributed by atoms with E-state index in [1.165, 1.54) is 12.1 Å². The molecule has 0 bridgehead atoms. The van der Waals surface area contributed by atoms with Crippen molar-refractivity contribution >= 4 is 11.6 Å². The van der Waals surface area contributed by atoms with E-state index >= 15 is 0 Å². The van der Waals surface area contributed by atoms with E-state index in [0.29, 0.717) is 10.6 Å². The van der Waals surface area contributed by atoms with Gasteiger partial charge >= 0.3 is 0 Å². The maximum Gasteiger partial charge on any atom is 0.124 e.